The number of aromatic nitrogens is 2. The Balaban J connectivity index is 1.15. The Hall–Kier alpha value is -4.80. The quantitative estimate of drug-likeness (QED) is 0.301. The number of carbonyl (C=O) groups excluding carboxylic acids is 3. The van der Waals surface area contributed by atoms with Crippen molar-refractivity contribution in [3.8, 4) is 11.5 Å². The third-order valence-corrected chi connectivity index (χ3v) is 7.29. The normalized spacial score (nSPS) is 15.8. The first-order valence-electron chi connectivity index (χ1n) is 13.4. The number of rotatable bonds is 9. The van der Waals surface area contributed by atoms with Gasteiger partial charge >= 0.3 is 0 Å². The van der Waals surface area contributed by atoms with Crippen molar-refractivity contribution in [2.75, 3.05) is 30.9 Å². The predicted molar refractivity (Wildman–Crippen MR) is 157 cm³/mol. The predicted octanol–water partition coefficient (Wildman–Crippen LogP) is 4.22. The maximum atomic E-state index is 13.1. The highest BCUT2D eigenvalue weighted by Gasteiger charge is 2.34. The molecule has 1 atom stereocenters. The summed E-state index contributed by atoms with van der Waals surface area (Å²) in [6.45, 7) is 6.74. The number of anilines is 2. The van der Waals surface area contributed by atoms with Gasteiger partial charge in [-0.2, -0.15) is 0 Å². The second kappa shape index (κ2) is 11.4. The van der Waals surface area contributed by atoms with Gasteiger partial charge in [0.05, 0.1) is 42.4 Å². The minimum Gasteiger partial charge on any atom is -0.493 e. The van der Waals surface area contributed by atoms with Crippen molar-refractivity contribution < 1.29 is 23.9 Å². The van der Waals surface area contributed by atoms with Crippen LogP contribution >= 0.6 is 0 Å². The Morgan fingerprint density at radius 1 is 1.07 bits per heavy atom. The van der Waals surface area contributed by atoms with E-state index in [0.717, 1.165) is 11.3 Å². The van der Waals surface area contributed by atoms with Crippen molar-refractivity contribution in [2.24, 2.45) is 19.1 Å². The number of methoxy groups -OCH3 is 1. The lowest BCUT2D eigenvalue weighted by molar-refractivity contribution is -0.116. The van der Waals surface area contributed by atoms with E-state index in [0.29, 0.717) is 59.2 Å². The molecule has 11 nitrogen and oxygen atoms in total. The van der Waals surface area contributed by atoms with Gasteiger partial charge < -0.3 is 34.1 Å². The number of fused-ring (bicyclic) bond motifs is 2. The monoisotopic (exact) mass is 558 g/mol. The van der Waals surface area contributed by atoms with E-state index in [1.807, 2.05) is 30.8 Å². The zero-order valence-corrected chi connectivity index (χ0v) is 23.7. The molecule has 11 heteroatoms. The largest absolute Gasteiger partial charge is 0.493 e. The molecule has 2 aliphatic rings. The minimum absolute atomic E-state index is 0.0977. The number of aryl methyl sites for hydroxylation is 3. The van der Waals surface area contributed by atoms with Crippen LogP contribution in [0.25, 0.3) is 0 Å². The van der Waals surface area contributed by atoms with Crippen LogP contribution in [0.3, 0.4) is 0 Å². The molecule has 1 aromatic carbocycles. The van der Waals surface area contributed by atoms with E-state index in [1.165, 1.54) is 7.11 Å². The number of hydrogen-bond donors (Lipinski definition) is 2. The van der Waals surface area contributed by atoms with Crippen molar-refractivity contribution in [1.82, 2.24) is 14.0 Å². The van der Waals surface area contributed by atoms with Crippen molar-refractivity contribution in [1.29, 1.82) is 0 Å². The summed E-state index contributed by atoms with van der Waals surface area (Å²) in [5, 5.41) is 5.72. The van der Waals surface area contributed by atoms with Gasteiger partial charge in [-0.15, -0.1) is 0 Å². The standard InChI is InChI=1S/C30H34N6O5/c1-18-9-22-14-31-24-13-27(26(40-5)12-23(24)30(39)36(22)15-18)41-8-6-7-28(37)32-21-11-25(35(4)17-21)29(38)33-20-10-19(2)34(3)16-20/h10-14,16-17,22H,1,6-9,15H2,2-5H3,(H,32,37)(H,33,38)/t22-/m0/s1. The van der Waals surface area contributed by atoms with Gasteiger partial charge in [0, 0.05) is 57.4 Å². The first-order chi connectivity index (χ1) is 19.6. The fraction of sp³-hybridized carbons (Fsp3) is 0.333. The maximum absolute atomic E-state index is 13.1. The summed E-state index contributed by atoms with van der Waals surface area (Å²) in [5.74, 6) is 0.304. The Kier molecular flexibility index (Phi) is 7.69. The Morgan fingerprint density at radius 2 is 1.83 bits per heavy atom. The van der Waals surface area contributed by atoms with Gasteiger partial charge in [0.15, 0.2) is 11.5 Å². The van der Waals surface area contributed by atoms with Crippen LogP contribution in [0.2, 0.25) is 0 Å². The number of hydrogen-bond acceptors (Lipinski definition) is 6. The zero-order chi connectivity index (χ0) is 29.3. The van der Waals surface area contributed by atoms with Crippen LogP contribution in [0.15, 0.2) is 53.8 Å². The van der Waals surface area contributed by atoms with Crippen LogP contribution in [0.4, 0.5) is 17.1 Å². The van der Waals surface area contributed by atoms with Crippen LogP contribution in [-0.4, -0.2) is 64.3 Å². The van der Waals surface area contributed by atoms with E-state index in [2.05, 4.69) is 22.2 Å². The molecule has 1 fully saturated rings. The molecule has 41 heavy (non-hydrogen) atoms. The van der Waals surface area contributed by atoms with Crippen LogP contribution < -0.4 is 20.1 Å². The van der Waals surface area contributed by atoms with Gasteiger partial charge in [-0.05, 0) is 38.0 Å². The molecule has 2 N–H and O–H groups in total. The molecule has 0 saturated carbocycles. The van der Waals surface area contributed by atoms with Crippen molar-refractivity contribution >= 4 is 41.0 Å². The Bertz CT molecular complexity index is 1550. The summed E-state index contributed by atoms with van der Waals surface area (Å²) in [7, 11) is 5.18. The Morgan fingerprint density at radius 3 is 2.56 bits per heavy atom. The van der Waals surface area contributed by atoms with Crippen LogP contribution in [0.5, 0.6) is 11.5 Å². The van der Waals surface area contributed by atoms with Gasteiger partial charge in [0.1, 0.15) is 5.69 Å². The van der Waals surface area contributed by atoms with E-state index in [9.17, 15) is 14.4 Å². The van der Waals surface area contributed by atoms with Crippen LogP contribution in [0, 0.1) is 6.92 Å². The SMILES string of the molecule is C=C1C[C@H]2C=Nc3cc(OCCCC(=O)Nc4cc(C(=O)Nc5cc(C)n(C)c5)n(C)c4)c(OC)cc3C(=O)N2C1. The number of carbonyl (C=O) groups is 3. The van der Waals surface area contributed by atoms with Crippen LogP contribution in [0.1, 0.15) is 45.8 Å². The number of ether oxygens (including phenoxy) is 2. The Labute approximate surface area is 238 Å². The van der Waals surface area contributed by atoms with Crippen molar-refractivity contribution in [2.45, 2.75) is 32.2 Å². The second-order valence-corrected chi connectivity index (χ2v) is 10.4. The summed E-state index contributed by atoms with van der Waals surface area (Å²) in [6.07, 6.45) is 6.68. The van der Waals surface area contributed by atoms with Gasteiger partial charge in [0.2, 0.25) is 5.91 Å². The summed E-state index contributed by atoms with van der Waals surface area (Å²) in [5.41, 5.74) is 4.68. The topological polar surface area (TPSA) is 119 Å². The summed E-state index contributed by atoms with van der Waals surface area (Å²) in [4.78, 5) is 44.7. The van der Waals surface area contributed by atoms with Gasteiger partial charge in [0.25, 0.3) is 11.8 Å². The molecule has 0 aliphatic carbocycles. The molecule has 2 aromatic heterocycles. The van der Waals surface area contributed by atoms with E-state index in [4.69, 9.17) is 9.47 Å². The van der Waals surface area contributed by atoms with E-state index >= 15 is 0 Å². The smallest absolute Gasteiger partial charge is 0.272 e. The summed E-state index contributed by atoms with van der Waals surface area (Å²) < 4.78 is 15.0. The lowest BCUT2D eigenvalue weighted by atomic mass is 10.1. The molecular weight excluding hydrogens is 524 g/mol. The molecule has 1 saturated heterocycles. The average molecular weight is 559 g/mol. The molecular formula is C30H34N6O5. The molecule has 2 aliphatic heterocycles. The fourth-order valence-electron chi connectivity index (χ4n) is 5.04. The third-order valence-electron chi connectivity index (χ3n) is 7.29. The van der Waals surface area contributed by atoms with E-state index < -0.39 is 0 Å². The van der Waals surface area contributed by atoms with Crippen molar-refractivity contribution in [3.05, 3.63) is 65.8 Å². The van der Waals surface area contributed by atoms with Crippen molar-refractivity contribution in [3.63, 3.8) is 0 Å². The molecule has 5 rings (SSSR count). The molecule has 3 aromatic rings. The highest BCUT2D eigenvalue weighted by atomic mass is 16.5. The highest BCUT2D eigenvalue weighted by Crippen LogP contribution is 2.38. The minimum atomic E-state index is -0.265. The number of nitrogens with zero attached hydrogens (tertiary/aromatic N) is 4. The second-order valence-electron chi connectivity index (χ2n) is 10.4. The molecule has 3 amide bonds. The lowest BCUT2D eigenvalue weighted by Gasteiger charge is -2.20. The van der Waals surface area contributed by atoms with Gasteiger partial charge in [-0.3, -0.25) is 19.4 Å². The maximum Gasteiger partial charge on any atom is 0.272 e. The number of aliphatic imine (C=N–C) groups is 1. The van der Waals surface area contributed by atoms with Gasteiger partial charge in [-0.25, -0.2) is 0 Å². The number of amides is 3. The zero-order valence-electron chi connectivity index (χ0n) is 23.7. The molecule has 0 spiro atoms. The first-order valence-corrected chi connectivity index (χ1v) is 13.4. The molecule has 0 unspecified atom stereocenters. The first kappa shape index (κ1) is 27.8. The molecule has 0 bridgehead atoms. The van der Waals surface area contributed by atoms with E-state index in [1.54, 1.807) is 47.1 Å². The van der Waals surface area contributed by atoms with Gasteiger partial charge in [-0.1, -0.05) is 12.2 Å². The molecule has 214 valence electrons. The highest BCUT2D eigenvalue weighted by molar-refractivity contribution is 6.05. The summed E-state index contributed by atoms with van der Waals surface area (Å²) >= 11 is 0. The van der Waals surface area contributed by atoms with E-state index in [-0.39, 0.29) is 36.8 Å². The molecule has 4 heterocycles. The number of nitrogens with one attached hydrogen (secondary N) is 2. The summed E-state index contributed by atoms with van der Waals surface area (Å²) in [6, 6.07) is 6.79. The molecule has 0 radical (unpaired) electrons. The average Bonchev–Trinajstić information content (AvgIpc) is 3.57. The number of benzene rings is 1. The lowest BCUT2D eigenvalue weighted by Crippen LogP contribution is -2.35. The third kappa shape index (κ3) is 5.88. The van der Waals surface area contributed by atoms with Crippen LogP contribution in [-0.2, 0) is 18.9 Å². The fourth-order valence-corrected chi connectivity index (χ4v) is 5.04.